The zero-order valence-electron chi connectivity index (χ0n) is 9.02. The van der Waals surface area contributed by atoms with Gasteiger partial charge >= 0.3 is 5.97 Å². The lowest BCUT2D eigenvalue weighted by molar-refractivity contribution is -0.130. The molecule has 0 aliphatic heterocycles. The number of nitrogens with zero attached hydrogens (tertiary/aromatic N) is 2. The summed E-state index contributed by atoms with van der Waals surface area (Å²) in [7, 11) is 0. The van der Waals surface area contributed by atoms with Gasteiger partial charge in [-0.3, -0.25) is 0 Å². The Morgan fingerprint density at radius 2 is 1.82 bits per heavy atom. The van der Waals surface area contributed by atoms with E-state index in [-0.39, 0.29) is 22.4 Å². The third kappa shape index (κ3) is 2.61. The van der Waals surface area contributed by atoms with Gasteiger partial charge in [-0.15, -0.1) is 0 Å². The highest BCUT2D eigenvalue weighted by molar-refractivity contribution is 5.88. The Morgan fingerprint density at radius 3 is 2.18 bits per heavy atom. The van der Waals surface area contributed by atoms with E-state index in [4.69, 9.17) is 15.3 Å². The van der Waals surface area contributed by atoms with Crippen molar-refractivity contribution < 1.29 is 14.6 Å². The van der Waals surface area contributed by atoms with Gasteiger partial charge in [0.1, 0.15) is 17.9 Å². The molecular weight excluding hydrogens is 220 g/mol. The van der Waals surface area contributed by atoms with Crippen LogP contribution in [0.25, 0.3) is 0 Å². The maximum absolute atomic E-state index is 11.2. The molecule has 0 radical (unpaired) electrons. The number of carbonyl (C=O) groups is 1. The molecule has 0 unspecified atom stereocenters. The van der Waals surface area contributed by atoms with E-state index in [1.807, 2.05) is 0 Å². The van der Waals surface area contributed by atoms with Crippen LogP contribution < -0.4 is 4.74 Å². The van der Waals surface area contributed by atoms with Crippen LogP contribution >= 0.6 is 0 Å². The molecule has 0 aliphatic carbocycles. The number of nitriles is 2. The van der Waals surface area contributed by atoms with Crippen molar-refractivity contribution in [3.8, 4) is 23.6 Å². The molecule has 5 nitrogen and oxygen atoms in total. The summed E-state index contributed by atoms with van der Waals surface area (Å²) in [6.45, 7) is 4.87. The largest absolute Gasteiger partial charge is 0.505 e. The van der Waals surface area contributed by atoms with Crippen LogP contribution in [0.4, 0.5) is 0 Å². The predicted molar refractivity (Wildman–Crippen MR) is 58.0 cm³/mol. The van der Waals surface area contributed by atoms with Crippen molar-refractivity contribution in [3.05, 3.63) is 35.4 Å². The molecule has 0 fully saturated rings. The number of rotatable bonds is 2. The minimum Gasteiger partial charge on any atom is -0.505 e. The Hall–Kier alpha value is -2.79. The first-order valence-corrected chi connectivity index (χ1v) is 4.54. The van der Waals surface area contributed by atoms with E-state index >= 15 is 0 Å². The minimum absolute atomic E-state index is 0.0175. The molecule has 0 spiro atoms. The smallest absolute Gasteiger partial charge is 0.338 e. The van der Waals surface area contributed by atoms with E-state index in [1.54, 1.807) is 12.1 Å². The molecule has 84 valence electrons. The normalized spacial score (nSPS) is 8.88. The van der Waals surface area contributed by atoms with E-state index in [1.165, 1.54) is 19.1 Å². The Bertz CT molecular complexity index is 541. The highest BCUT2D eigenvalue weighted by Gasteiger charge is 2.13. The molecule has 1 rings (SSSR count). The van der Waals surface area contributed by atoms with E-state index in [9.17, 15) is 9.90 Å². The number of phenolic OH excluding ortho intramolecular Hbond substituents is 1. The van der Waals surface area contributed by atoms with Gasteiger partial charge in [0.05, 0.1) is 11.1 Å². The second-order valence-electron chi connectivity index (χ2n) is 3.26. The zero-order valence-corrected chi connectivity index (χ0v) is 9.02. The molecule has 0 amide bonds. The van der Waals surface area contributed by atoms with Crippen LogP contribution in [-0.4, -0.2) is 11.1 Å². The van der Waals surface area contributed by atoms with E-state index in [0.717, 1.165) is 0 Å². The van der Waals surface area contributed by atoms with Crippen molar-refractivity contribution in [1.29, 1.82) is 10.5 Å². The summed E-state index contributed by atoms with van der Waals surface area (Å²) in [6.07, 6.45) is 0. The standard InChI is InChI=1S/C12H8N2O3/c1-7(2)12(16)17-10-3-8(5-13)11(15)9(4-10)6-14/h3-4,15H,1H2,2H3. The molecule has 1 aromatic rings. The fourth-order valence-electron chi connectivity index (χ4n) is 1.03. The molecule has 0 aliphatic rings. The van der Waals surface area contributed by atoms with Gasteiger partial charge in [-0.2, -0.15) is 10.5 Å². The van der Waals surface area contributed by atoms with Crippen LogP contribution in [0.5, 0.6) is 11.5 Å². The summed E-state index contributed by atoms with van der Waals surface area (Å²) in [4.78, 5) is 11.2. The number of aromatic hydroxyl groups is 1. The fourth-order valence-corrected chi connectivity index (χ4v) is 1.03. The van der Waals surface area contributed by atoms with Crippen molar-refractivity contribution in [2.45, 2.75) is 6.92 Å². The maximum atomic E-state index is 11.2. The van der Waals surface area contributed by atoms with E-state index in [0.29, 0.717) is 0 Å². The first kappa shape index (κ1) is 12.3. The van der Waals surface area contributed by atoms with Crippen LogP contribution in [0.15, 0.2) is 24.3 Å². The number of ether oxygens (including phenoxy) is 1. The topological polar surface area (TPSA) is 94.1 Å². The van der Waals surface area contributed by atoms with Gasteiger partial charge in [-0.25, -0.2) is 4.79 Å². The number of hydrogen-bond acceptors (Lipinski definition) is 5. The lowest BCUT2D eigenvalue weighted by atomic mass is 10.1. The van der Waals surface area contributed by atoms with Gasteiger partial charge in [-0.1, -0.05) is 6.58 Å². The number of carbonyl (C=O) groups excluding carboxylic acids is 1. The van der Waals surface area contributed by atoms with Gasteiger partial charge in [-0.05, 0) is 6.92 Å². The van der Waals surface area contributed by atoms with Crippen molar-refractivity contribution in [1.82, 2.24) is 0 Å². The van der Waals surface area contributed by atoms with E-state index < -0.39 is 11.7 Å². The summed E-state index contributed by atoms with van der Waals surface area (Å²) >= 11 is 0. The van der Waals surface area contributed by atoms with E-state index in [2.05, 4.69) is 6.58 Å². The number of benzene rings is 1. The average molecular weight is 228 g/mol. The highest BCUT2D eigenvalue weighted by Crippen LogP contribution is 2.27. The SMILES string of the molecule is C=C(C)C(=O)Oc1cc(C#N)c(O)c(C#N)c1. The third-order valence-electron chi connectivity index (χ3n) is 1.88. The van der Waals surface area contributed by atoms with Gasteiger partial charge in [0, 0.05) is 17.7 Å². The van der Waals surface area contributed by atoms with Crippen LogP contribution in [0, 0.1) is 22.7 Å². The number of phenols is 1. The monoisotopic (exact) mass is 228 g/mol. The Balaban J connectivity index is 3.21. The lowest BCUT2D eigenvalue weighted by Crippen LogP contribution is -2.08. The number of hydrogen-bond donors (Lipinski definition) is 1. The molecule has 0 saturated carbocycles. The summed E-state index contributed by atoms with van der Waals surface area (Å²) in [5.74, 6) is -1.07. The Morgan fingerprint density at radius 1 is 1.35 bits per heavy atom. The molecule has 5 heteroatoms. The molecule has 17 heavy (non-hydrogen) atoms. The van der Waals surface area contributed by atoms with Crippen LogP contribution in [0.1, 0.15) is 18.1 Å². The number of esters is 1. The zero-order chi connectivity index (χ0) is 13.0. The summed E-state index contributed by atoms with van der Waals surface area (Å²) in [5.41, 5.74) is -0.0720. The molecule has 1 N–H and O–H groups in total. The van der Waals surface area contributed by atoms with Crippen LogP contribution in [0.2, 0.25) is 0 Å². The molecule has 0 atom stereocenters. The average Bonchev–Trinajstić information content (AvgIpc) is 2.30. The Kier molecular flexibility index (Phi) is 3.48. The predicted octanol–water partition coefficient (Wildman–Crippen LogP) is 1.62. The summed E-state index contributed by atoms with van der Waals surface area (Å²) in [6, 6.07) is 5.75. The van der Waals surface area contributed by atoms with Crippen molar-refractivity contribution in [3.63, 3.8) is 0 Å². The van der Waals surface area contributed by atoms with Crippen molar-refractivity contribution in [2.75, 3.05) is 0 Å². The minimum atomic E-state index is -0.663. The van der Waals surface area contributed by atoms with Crippen LogP contribution in [-0.2, 0) is 4.79 Å². The Labute approximate surface area is 97.8 Å². The van der Waals surface area contributed by atoms with Crippen molar-refractivity contribution >= 4 is 5.97 Å². The highest BCUT2D eigenvalue weighted by atomic mass is 16.5. The fraction of sp³-hybridized carbons (Fsp3) is 0.0833. The third-order valence-corrected chi connectivity index (χ3v) is 1.88. The second kappa shape index (κ2) is 4.82. The molecule has 0 aromatic heterocycles. The first-order chi connectivity index (χ1) is 7.99. The molecule has 0 saturated heterocycles. The lowest BCUT2D eigenvalue weighted by Gasteiger charge is -2.06. The van der Waals surface area contributed by atoms with Crippen molar-refractivity contribution in [2.24, 2.45) is 0 Å². The molecule has 1 aromatic carbocycles. The van der Waals surface area contributed by atoms with Gasteiger partial charge in [0.2, 0.25) is 0 Å². The molecular formula is C12H8N2O3. The maximum Gasteiger partial charge on any atom is 0.338 e. The second-order valence-corrected chi connectivity index (χ2v) is 3.26. The van der Waals surface area contributed by atoms with Gasteiger partial charge in [0.15, 0.2) is 5.75 Å². The van der Waals surface area contributed by atoms with Gasteiger partial charge in [0.25, 0.3) is 0 Å². The molecule has 0 bridgehead atoms. The van der Waals surface area contributed by atoms with Gasteiger partial charge < -0.3 is 9.84 Å². The molecule has 0 heterocycles. The van der Waals surface area contributed by atoms with Crippen LogP contribution in [0.3, 0.4) is 0 Å². The quantitative estimate of drug-likeness (QED) is 0.471. The first-order valence-electron chi connectivity index (χ1n) is 4.54. The summed E-state index contributed by atoms with van der Waals surface area (Å²) in [5, 5.41) is 26.9. The summed E-state index contributed by atoms with van der Waals surface area (Å²) < 4.78 is 4.86.